The zero-order chi connectivity index (χ0) is 22.8. The minimum absolute atomic E-state index is 0.439. The monoisotopic (exact) mass is 429 g/mol. The Morgan fingerprint density at radius 2 is 1.50 bits per heavy atom. The van der Waals surface area contributed by atoms with E-state index in [0.29, 0.717) is 5.56 Å². The maximum atomic E-state index is 12.3. The van der Waals surface area contributed by atoms with Gasteiger partial charge in [-0.3, -0.25) is 14.4 Å². The van der Waals surface area contributed by atoms with E-state index >= 15 is 0 Å². The van der Waals surface area contributed by atoms with E-state index in [1.54, 1.807) is 30.3 Å². The van der Waals surface area contributed by atoms with Gasteiger partial charge in [-0.15, -0.1) is 0 Å². The number of carboxylic acid groups (broad SMARTS) is 1. The largest absolute Gasteiger partial charge is 0.481 e. The standard InChI is InChI=1S/C18H27N3O9/c19-10(7-22)17(29)21-12(8-23)14(26)15(27)16(28)18(30)20-11(6-13(24)25)9-4-2-1-3-5-9/h1-5,10-12,14-16,22-23,26-28H,6-8,19H2,(H,20,30)(H,21,29)(H,24,25)/t10-,11-,12-,14+,15+,16-/m0/s1. The number of nitrogens with one attached hydrogen (secondary N) is 2. The molecule has 2 amide bonds. The number of hydrogen-bond acceptors (Lipinski definition) is 9. The highest BCUT2D eigenvalue weighted by Gasteiger charge is 2.37. The Balaban J connectivity index is 2.85. The topological polar surface area (TPSA) is 223 Å². The van der Waals surface area contributed by atoms with Crippen molar-refractivity contribution in [3.63, 3.8) is 0 Å². The summed E-state index contributed by atoms with van der Waals surface area (Å²) in [5, 5.41) is 61.9. The van der Waals surface area contributed by atoms with Gasteiger partial charge in [-0.05, 0) is 5.56 Å². The molecule has 168 valence electrons. The van der Waals surface area contributed by atoms with Gasteiger partial charge >= 0.3 is 5.97 Å². The van der Waals surface area contributed by atoms with Crippen molar-refractivity contribution in [2.45, 2.75) is 42.9 Å². The maximum absolute atomic E-state index is 12.3. The van der Waals surface area contributed by atoms with Crippen molar-refractivity contribution in [3.05, 3.63) is 35.9 Å². The van der Waals surface area contributed by atoms with Crippen LogP contribution in [0.2, 0.25) is 0 Å². The number of aliphatic hydroxyl groups is 5. The van der Waals surface area contributed by atoms with Crippen molar-refractivity contribution in [3.8, 4) is 0 Å². The van der Waals surface area contributed by atoms with E-state index in [-0.39, 0.29) is 0 Å². The Kier molecular flexibility index (Phi) is 10.3. The fourth-order valence-electron chi connectivity index (χ4n) is 2.56. The normalized spacial score (nSPS) is 17.1. The minimum Gasteiger partial charge on any atom is -0.481 e. The molecule has 0 aliphatic rings. The van der Waals surface area contributed by atoms with Crippen molar-refractivity contribution in [1.82, 2.24) is 10.6 Å². The third-order valence-electron chi connectivity index (χ3n) is 4.31. The van der Waals surface area contributed by atoms with E-state index in [4.69, 9.17) is 15.9 Å². The zero-order valence-corrected chi connectivity index (χ0v) is 16.0. The Morgan fingerprint density at radius 1 is 0.900 bits per heavy atom. The van der Waals surface area contributed by atoms with Crippen LogP contribution >= 0.6 is 0 Å². The van der Waals surface area contributed by atoms with Gasteiger partial charge in [0.15, 0.2) is 6.10 Å². The summed E-state index contributed by atoms with van der Waals surface area (Å²) in [6.07, 6.45) is -6.85. The van der Waals surface area contributed by atoms with Gasteiger partial charge in [0.25, 0.3) is 5.91 Å². The van der Waals surface area contributed by atoms with E-state index in [1.165, 1.54) is 0 Å². The molecule has 0 fully saturated rings. The van der Waals surface area contributed by atoms with E-state index < -0.39 is 73.9 Å². The highest BCUT2D eigenvalue weighted by atomic mass is 16.4. The van der Waals surface area contributed by atoms with Gasteiger partial charge in [-0.1, -0.05) is 30.3 Å². The number of benzene rings is 1. The Labute approximate surface area is 172 Å². The molecule has 0 heterocycles. The summed E-state index contributed by atoms with van der Waals surface area (Å²) < 4.78 is 0. The molecule has 12 nitrogen and oxygen atoms in total. The summed E-state index contributed by atoms with van der Waals surface area (Å²) in [7, 11) is 0. The molecule has 0 aromatic heterocycles. The molecule has 0 radical (unpaired) electrons. The van der Waals surface area contributed by atoms with Crippen molar-refractivity contribution in [2.75, 3.05) is 13.2 Å². The van der Waals surface area contributed by atoms with Crippen LogP contribution < -0.4 is 16.4 Å². The summed E-state index contributed by atoms with van der Waals surface area (Å²) in [4.78, 5) is 35.1. The number of aliphatic hydroxyl groups excluding tert-OH is 5. The molecular weight excluding hydrogens is 402 g/mol. The van der Waals surface area contributed by atoms with E-state index in [1.807, 2.05) is 0 Å². The fraction of sp³-hybridized carbons (Fsp3) is 0.500. The lowest BCUT2D eigenvalue weighted by Gasteiger charge is -2.30. The van der Waals surface area contributed by atoms with Gasteiger partial charge in [0.05, 0.1) is 31.7 Å². The first-order chi connectivity index (χ1) is 14.1. The lowest BCUT2D eigenvalue weighted by molar-refractivity contribution is -0.145. The van der Waals surface area contributed by atoms with Crippen LogP contribution in [0.4, 0.5) is 0 Å². The van der Waals surface area contributed by atoms with Crippen molar-refractivity contribution >= 4 is 17.8 Å². The molecule has 1 aromatic rings. The molecule has 10 N–H and O–H groups in total. The number of aliphatic carboxylic acids is 1. The lowest BCUT2D eigenvalue weighted by Crippen LogP contribution is -2.58. The third-order valence-corrected chi connectivity index (χ3v) is 4.31. The first kappa shape index (κ1) is 25.4. The summed E-state index contributed by atoms with van der Waals surface area (Å²) in [6.45, 7) is -1.58. The van der Waals surface area contributed by atoms with Gasteiger partial charge in [0.2, 0.25) is 5.91 Å². The van der Waals surface area contributed by atoms with Crippen molar-refractivity contribution in [2.24, 2.45) is 5.73 Å². The van der Waals surface area contributed by atoms with Crippen molar-refractivity contribution < 1.29 is 45.0 Å². The predicted octanol–water partition coefficient (Wildman–Crippen LogP) is -3.80. The number of carbonyl (C=O) groups is 3. The number of hydrogen-bond donors (Lipinski definition) is 9. The van der Waals surface area contributed by atoms with E-state index in [2.05, 4.69) is 10.6 Å². The third kappa shape index (κ3) is 7.33. The average Bonchev–Trinajstić information content (AvgIpc) is 2.74. The molecule has 0 aliphatic carbocycles. The van der Waals surface area contributed by atoms with Crippen LogP contribution in [-0.4, -0.2) is 92.0 Å². The maximum Gasteiger partial charge on any atom is 0.305 e. The molecule has 0 bridgehead atoms. The molecule has 12 heteroatoms. The summed E-state index contributed by atoms with van der Waals surface area (Å²) in [5.41, 5.74) is 5.74. The van der Waals surface area contributed by atoms with Crippen LogP contribution in [0.3, 0.4) is 0 Å². The highest BCUT2D eigenvalue weighted by Crippen LogP contribution is 2.17. The molecule has 1 aromatic carbocycles. The van der Waals surface area contributed by atoms with Crippen LogP contribution in [0.1, 0.15) is 18.0 Å². The second-order valence-electron chi connectivity index (χ2n) is 6.58. The highest BCUT2D eigenvalue weighted by molar-refractivity contribution is 5.83. The minimum atomic E-state index is -2.21. The predicted molar refractivity (Wildman–Crippen MR) is 102 cm³/mol. The summed E-state index contributed by atoms with van der Waals surface area (Å²) in [5.74, 6) is -3.33. The molecular formula is C18H27N3O9. The number of amides is 2. The molecule has 0 aliphatic heterocycles. The zero-order valence-electron chi connectivity index (χ0n) is 16.0. The Bertz CT molecular complexity index is 703. The number of rotatable bonds is 12. The second-order valence-corrected chi connectivity index (χ2v) is 6.58. The van der Waals surface area contributed by atoms with Crippen LogP contribution in [0.15, 0.2) is 30.3 Å². The number of carboxylic acids is 1. The van der Waals surface area contributed by atoms with Gasteiger partial charge in [-0.2, -0.15) is 0 Å². The summed E-state index contributed by atoms with van der Waals surface area (Å²) >= 11 is 0. The lowest BCUT2D eigenvalue weighted by atomic mass is 9.99. The van der Waals surface area contributed by atoms with Gasteiger partial charge in [-0.25, -0.2) is 0 Å². The smallest absolute Gasteiger partial charge is 0.305 e. The molecule has 0 spiro atoms. The second kappa shape index (κ2) is 12.2. The molecule has 6 atom stereocenters. The van der Waals surface area contributed by atoms with E-state index in [9.17, 15) is 34.8 Å². The summed E-state index contributed by atoms with van der Waals surface area (Å²) in [6, 6.07) is 4.18. The molecule has 0 unspecified atom stereocenters. The van der Waals surface area contributed by atoms with Crippen LogP contribution in [0.25, 0.3) is 0 Å². The first-order valence-electron chi connectivity index (χ1n) is 9.01. The average molecular weight is 429 g/mol. The van der Waals surface area contributed by atoms with Crippen LogP contribution in [0, 0.1) is 0 Å². The molecule has 1 rings (SSSR count). The first-order valence-corrected chi connectivity index (χ1v) is 9.01. The van der Waals surface area contributed by atoms with Crippen LogP contribution in [0.5, 0.6) is 0 Å². The number of nitrogens with two attached hydrogens (primary N) is 1. The Hall–Kier alpha value is -2.61. The van der Waals surface area contributed by atoms with Gasteiger partial charge < -0.3 is 47.0 Å². The fourth-order valence-corrected chi connectivity index (χ4v) is 2.56. The number of carbonyl (C=O) groups excluding carboxylic acids is 2. The molecule has 30 heavy (non-hydrogen) atoms. The van der Waals surface area contributed by atoms with E-state index in [0.717, 1.165) is 0 Å². The van der Waals surface area contributed by atoms with Gasteiger partial charge in [0.1, 0.15) is 18.2 Å². The molecule has 0 saturated carbocycles. The van der Waals surface area contributed by atoms with Crippen LogP contribution in [-0.2, 0) is 14.4 Å². The van der Waals surface area contributed by atoms with Crippen molar-refractivity contribution in [1.29, 1.82) is 0 Å². The quantitative estimate of drug-likeness (QED) is 0.157. The SMILES string of the molecule is N[C@@H](CO)C(=O)N[C@@H](CO)[C@@H](O)[C@@H](O)[C@H](O)C(=O)N[C@@H](CC(=O)O)c1ccccc1. The van der Waals surface area contributed by atoms with Gasteiger partial charge in [0, 0.05) is 0 Å². The molecule has 0 saturated heterocycles. The Morgan fingerprint density at radius 3 is 2.00 bits per heavy atom.